The quantitative estimate of drug-likeness (QED) is 0.419. The summed E-state index contributed by atoms with van der Waals surface area (Å²) in [4.78, 5) is 17.5. The Kier molecular flexibility index (Phi) is 4.78. The minimum atomic E-state index is -5.93. The Hall–Kier alpha value is -2.02. The molecule has 0 spiro atoms. The zero-order chi connectivity index (χ0) is 20.0. The third-order valence-corrected chi connectivity index (χ3v) is 6.61. The number of rotatable bonds is 3. The van der Waals surface area contributed by atoms with Crippen LogP contribution in [0.1, 0.15) is 4.88 Å². The number of nitrogens with zero attached hydrogens (tertiary/aromatic N) is 2. The molecular weight excluding hydrogens is 419 g/mol. The molecule has 0 N–H and O–H groups in total. The number of sulfone groups is 1. The lowest BCUT2D eigenvalue weighted by atomic mass is 10.0. The molecule has 3 rings (SSSR count). The first-order chi connectivity index (χ1) is 12.4. The summed E-state index contributed by atoms with van der Waals surface area (Å²) in [6.07, 6.45) is -5.08. The van der Waals surface area contributed by atoms with Gasteiger partial charge in [0.2, 0.25) is 0 Å². The highest BCUT2D eigenvalue weighted by Gasteiger charge is 2.64. The van der Waals surface area contributed by atoms with Crippen molar-refractivity contribution in [2.75, 3.05) is 29.5 Å². The highest BCUT2D eigenvalue weighted by atomic mass is 32.2. The highest BCUT2D eigenvalue weighted by molar-refractivity contribution is 7.91. The van der Waals surface area contributed by atoms with Gasteiger partial charge in [0.25, 0.3) is 0 Å². The molecule has 0 radical (unpaired) electrons. The van der Waals surface area contributed by atoms with E-state index in [-0.39, 0.29) is 29.5 Å². The molecule has 2 aliphatic rings. The molecule has 1 aromatic heterocycles. The van der Waals surface area contributed by atoms with Crippen LogP contribution in [0.5, 0.6) is 0 Å². The Morgan fingerprint density at radius 3 is 2.37 bits per heavy atom. The van der Waals surface area contributed by atoms with Gasteiger partial charge in [0.15, 0.2) is 15.5 Å². The fraction of sp³-hybridized carbons (Fsp3) is 0.429. The number of hydrogen-bond acceptors (Lipinski definition) is 7. The van der Waals surface area contributed by atoms with Gasteiger partial charge in [-0.05, 0) is 18.2 Å². The summed E-state index contributed by atoms with van der Waals surface area (Å²) in [7, 11) is -3.10. The Morgan fingerprint density at radius 1 is 1.15 bits per heavy atom. The molecule has 0 aromatic carbocycles. The van der Waals surface area contributed by atoms with E-state index in [1.165, 1.54) is 6.07 Å². The monoisotopic (exact) mass is 430 g/mol. The molecule has 2 aliphatic heterocycles. The minimum Gasteiger partial charge on any atom is -0.361 e. The second-order valence-corrected chi connectivity index (χ2v) is 9.16. The summed E-state index contributed by atoms with van der Waals surface area (Å²) >= 11 is 1.01. The molecule has 13 heteroatoms. The molecule has 0 aliphatic carbocycles. The molecule has 1 aromatic rings. The number of anilines is 1. The summed E-state index contributed by atoms with van der Waals surface area (Å²) < 4.78 is 87.6. The predicted octanol–water partition coefficient (Wildman–Crippen LogP) is 2.48. The molecular formula is C14H11F5N2O4S2. The summed E-state index contributed by atoms with van der Waals surface area (Å²) in [5.74, 6) is -6.83. The van der Waals surface area contributed by atoms with Crippen molar-refractivity contribution in [3.63, 3.8) is 0 Å². The highest BCUT2D eigenvalue weighted by Crippen LogP contribution is 2.41. The van der Waals surface area contributed by atoms with Crippen LogP contribution in [0.25, 0.3) is 6.08 Å². The molecule has 1 fully saturated rings. The maximum absolute atomic E-state index is 13.5. The fourth-order valence-electron chi connectivity index (χ4n) is 2.43. The molecule has 0 unspecified atom stereocenters. The molecule has 1 saturated heterocycles. The van der Waals surface area contributed by atoms with Crippen LogP contribution in [-0.2, 0) is 19.5 Å². The Morgan fingerprint density at radius 2 is 1.78 bits per heavy atom. The van der Waals surface area contributed by atoms with E-state index in [9.17, 15) is 35.2 Å². The molecule has 0 atom stereocenters. The number of halogens is 5. The third kappa shape index (κ3) is 3.83. The Balaban J connectivity index is 1.85. The lowest BCUT2D eigenvalue weighted by Crippen LogP contribution is -2.44. The smallest absolute Gasteiger partial charge is 0.361 e. The predicted molar refractivity (Wildman–Crippen MR) is 87.7 cm³/mol. The molecule has 148 valence electrons. The van der Waals surface area contributed by atoms with Crippen LogP contribution in [0.15, 0.2) is 22.9 Å². The van der Waals surface area contributed by atoms with Crippen molar-refractivity contribution in [2.45, 2.75) is 12.1 Å². The van der Waals surface area contributed by atoms with Crippen molar-refractivity contribution in [3.8, 4) is 0 Å². The molecule has 6 nitrogen and oxygen atoms in total. The van der Waals surface area contributed by atoms with Crippen LogP contribution >= 0.6 is 11.3 Å². The number of alkyl halides is 5. The van der Waals surface area contributed by atoms with E-state index in [4.69, 9.17) is 0 Å². The number of hydrogen-bond donors (Lipinski definition) is 0. The second-order valence-electron chi connectivity index (χ2n) is 5.76. The van der Waals surface area contributed by atoms with Gasteiger partial charge in [-0.15, -0.1) is 11.3 Å². The zero-order valence-corrected chi connectivity index (χ0v) is 14.9. The summed E-state index contributed by atoms with van der Waals surface area (Å²) in [5.41, 5.74) is -2.77. The van der Waals surface area contributed by atoms with Crippen molar-refractivity contribution >= 4 is 43.9 Å². The average Bonchev–Trinajstić information content (AvgIpc) is 3.15. The van der Waals surface area contributed by atoms with Gasteiger partial charge in [0, 0.05) is 18.0 Å². The van der Waals surface area contributed by atoms with Crippen molar-refractivity contribution < 1.29 is 40.0 Å². The van der Waals surface area contributed by atoms with E-state index in [0.29, 0.717) is 5.00 Å². The van der Waals surface area contributed by atoms with Crippen molar-refractivity contribution in [1.29, 1.82) is 0 Å². The largest absolute Gasteiger partial charge is 0.459 e. The van der Waals surface area contributed by atoms with Gasteiger partial charge in [-0.25, -0.2) is 13.2 Å². The summed E-state index contributed by atoms with van der Waals surface area (Å²) in [6, 6.07) is 2.99. The first kappa shape index (κ1) is 19.7. The third-order valence-electron chi connectivity index (χ3n) is 3.90. The number of oxime groups is 1. The summed E-state index contributed by atoms with van der Waals surface area (Å²) in [5, 5.41) is 3.20. The zero-order valence-electron chi connectivity index (χ0n) is 13.3. The average molecular weight is 430 g/mol. The van der Waals surface area contributed by atoms with Gasteiger partial charge in [-0.1, -0.05) is 5.16 Å². The molecule has 3 heterocycles. The van der Waals surface area contributed by atoms with Gasteiger partial charge >= 0.3 is 18.1 Å². The van der Waals surface area contributed by atoms with Gasteiger partial charge < -0.3 is 9.74 Å². The van der Waals surface area contributed by atoms with E-state index in [0.717, 1.165) is 17.4 Å². The first-order valence-corrected chi connectivity index (χ1v) is 10.1. The SMILES string of the molecule is O=C1ON=C(C(F)(F)C(F)(F)F)/C1=C/c1ccc(N2CCS(=O)(=O)CC2)s1. The maximum atomic E-state index is 13.5. The first-order valence-electron chi connectivity index (χ1n) is 7.42. The standard InChI is InChI=1S/C14H11F5N2O4S2/c15-13(16,14(17,18)19)11-9(12(22)25-20-11)7-8-1-2-10(26-8)21-3-5-27(23,24)6-4-21/h1-2,7H,3-6H2/b9-7-. The van der Waals surface area contributed by atoms with Crippen molar-refractivity contribution in [1.82, 2.24) is 0 Å². The van der Waals surface area contributed by atoms with Crippen LogP contribution in [-0.4, -0.2) is 56.8 Å². The topological polar surface area (TPSA) is 76.0 Å². The van der Waals surface area contributed by atoms with Gasteiger partial charge in [0.05, 0.1) is 22.1 Å². The van der Waals surface area contributed by atoms with Crippen LogP contribution in [0.4, 0.5) is 27.0 Å². The van der Waals surface area contributed by atoms with Crippen molar-refractivity contribution in [2.24, 2.45) is 5.16 Å². The van der Waals surface area contributed by atoms with Gasteiger partial charge in [-0.3, -0.25) is 0 Å². The summed E-state index contributed by atoms with van der Waals surface area (Å²) in [6.45, 7) is 0.472. The minimum absolute atomic E-state index is 0.0394. The van der Waals surface area contributed by atoms with Crippen LogP contribution in [0.3, 0.4) is 0 Å². The van der Waals surface area contributed by atoms with E-state index >= 15 is 0 Å². The second kappa shape index (κ2) is 6.55. The van der Waals surface area contributed by atoms with E-state index in [1.807, 2.05) is 0 Å². The lowest BCUT2D eigenvalue weighted by molar-refractivity contribution is -0.249. The fourth-order valence-corrected chi connectivity index (χ4v) is 4.64. The molecule has 0 bridgehead atoms. The molecule has 0 amide bonds. The van der Waals surface area contributed by atoms with Gasteiger partial charge in [-0.2, -0.15) is 22.0 Å². The number of carbonyl (C=O) groups is 1. The molecule has 27 heavy (non-hydrogen) atoms. The lowest BCUT2D eigenvalue weighted by Gasteiger charge is -2.27. The van der Waals surface area contributed by atoms with Crippen molar-refractivity contribution in [3.05, 3.63) is 22.6 Å². The van der Waals surface area contributed by atoms with E-state index < -0.39 is 39.2 Å². The normalized spacial score (nSPS) is 22.1. The van der Waals surface area contributed by atoms with Crippen LogP contribution in [0.2, 0.25) is 0 Å². The number of thiophene rings is 1. The van der Waals surface area contributed by atoms with E-state index in [1.54, 1.807) is 11.0 Å². The van der Waals surface area contributed by atoms with Gasteiger partial charge in [0.1, 0.15) is 0 Å². The van der Waals surface area contributed by atoms with Crippen LogP contribution < -0.4 is 4.90 Å². The number of carbonyl (C=O) groups excluding carboxylic acids is 1. The maximum Gasteiger partial charge on any atom is 0.459 e. The Labute approximate surface area is 153 Å². The van der Waals surface area contributed by atoms with Crippen LogP contribution in [0, 0.1) is 0 Å². The Bertz CT molecular complexity index is 920. The van der Waals surface area contributed by atoms with E-state index in [2.05, 4.69) is 9.99 Å². The molecule has 0 saturated carbocycles.